The van der Waals surface area contributed by atoms with Gasteiger partial charge in [0.05, 0.1) is 24.9 Å². The van der Waals surface area contributed by atoms with Crippen molar-refractivity contribution in [2.45, 2.75) is 18.6 Å². The Morgan fingerprint density at radius 2 is 1.93 bits per heavy atom. The van der Waals surface area contributed by atoms with E-state index in [9.17, 15) is 15.0 Å². The number of aliphatic hydroxyl groups is 2. The fourth-order valence-corrected chi connectivity index (χ4v) is 0.974. The van der Waals surface area contributed by atoms with Crippen LogP contribution in [0.4, 0.5) is 0 Å². The summed E-state index contributed by atoms with van der Waals surface area (Å²) in [5, 5.41) is 27.7. The standard InChI is InChI=1S/C8H11N3O4/c9-6(14)1-5(13)7(15)8-10-2-4(12)3-11-8/h2-3,5,7,12-13,15H,1H2,(H2,9,14). The van der Waals surface area contributed by atoms with Crippen molar-refractivity contribution in [1.29, 1.82) is 0 Å². The number of rotatable bonds is 4. The third kappa shape index (κ3) is 3.15. The van der Waals surface area contributed by atoms with Crippen LogP contribution >= 0.6 is 0 Å². The van der Waals surface area contributed by atoms with Gasteiger partial charge in [0, 0.05) is 0 Å². The fourth-order valence-electron chi connectivity index (χ4n) is 0.974. The van der Waals surface area contributed by atoms with Crippen LogP contribution in [0.1, 0.15) is 18.3 Å². The first-order valence-electron chi connectivity index (χ1n) is 4.16. The number of hydrogen-bond acceptors (Lipinski definition) is 6. The Morgan fingerprint density at radius 1 is 1.40 bits per heavy atom. The maximum atomic E-state index is 10.5. The Bertz CT molecular complexity index is 340. The number of carbonyl (C=O) groups is 1. The van der Waals surface area contributed by atoms with Gasteiger partial charge < -0.3 is 21.1 Å². The molecule has 0 aromatic carbocycles. The highest BCUT2D eigenvalue weighted by Gasteiger charge is 2.22. The lowest BCUT2D eigenvalue weighted by atomic mass is 10.1. The molecule has 5 N–H and O–H groups in total. The van der Waals surface area contributed by atoms with Crippen LogP contribution in [0.25, 0.3) is 0 Å². The minimum absolute atomic E-state index is 0.0819. The summed E-state index contributed by atoms with van der Waals surface area (Å²) in [5.74, 6) is -0.975. The quantitative estimate of drug-likeness (QED) is 0.479. The van der Waals surface area contributed by atoms with Crippen LogP contribution < -0.4 is 5.73 Å². The molecule has 2 unspecified atom stereocenters. The summed E-state index contributed by atoms with van der Waals surface area (Å²) in [5.41, 5.74) is 4.84. The van der Waals surface area contributed by atoms with Crippen molar-refractivity contribution in [1.82, 2.24) is 9.97 Å². The molecule has 1 heterocycles. The molecule has 1 aromatic rings. The highest BCUT2D eigenvalue weighted by Crippen LogP contribution is 2.15. The zero-order valence-corrected chi connectivity index (χ0v) is 7.74. The number of aromatic nitrogens is 2. The van der Waals surface area contributed by atoms with Crippen molar-refractivity contribution in [3.05, 3.63) is 18.2 Å². The van der Waals surface area contributed by atoms with Gasteiger partial charge in [0.15, 0.2) is 11.6 Å². The Morgan fingerprint density at radius 3 is 2.40 bits per heavy atom. The first-order chi connectivity index (χ1) is 7.00. The van der Waals surface area contributed by atoms with Crippen LogP contribution in [0.5, 0.6) is 5.75 Å². The van der Waals surface area contributed by atoms with Crippen LogP contribution in [0, 0.1) is 0 Å². The van der Waals surface area contributed by atoms with Crippen LogP contribution in [0.3, 0.4) is 0 Å². The molecule has 0 aliphatic carbocycles. The molecule has 7 heteroatoms. The normalized spacial score (nSPS) is 14.5. The Labute approximate surface area is 85.2 Å². The molecule has 1 aromatic heterocycles. The first kappa shape index (κ1) is 11.3. The summed E-state index contributed by atoms with van der Waals surface area (Å²) < 4.78 is 0. The highest BCUT2D eigenvalue weighted by atomic mass is 16.3. The van der Waals surface area contributed by atoms with Crippen LogP contribution in [-0.4, -0.2) is 37.3 Å². The predicted molar refractivity (Wildman–Crippen MR) is 48.5 cm³/mol. The van der Waals surface area contributed by atoms with E-state index in [2.05, 4.69) is 9.97 Å². The second-order valence-corrected chi connectivity index (χ2v) is 2.98. The molecule has 1 amide bonds. The first-order valence-corrected chi connectivity index (χ1v) is 4.16. The summed E-state index contributed by atoms with van der Waals surface area (Å²) in [6, 6.07) is 0. The number of aromatic hydroxyl groups is 1. The van der Waals surface area contributed by atoms with Gasteiger partial charge in [-0.15, -0.1) is 0 Å². The molecule has 1 rings (SSSR count). The van der Waals surface area contributed by atoms with Gasteiger partial charge in [-0.25, -0.2) is 9.97 Å². The summed E-state index contributed by atoms with van der Waals surface area (Å²) in [6.45, 7) is 0. The van der Waals surface area contributed by atoms with Gasteiger partial charge in [0.2, 0.25) is 5.91 Å². The second kappa shape index (κ2) is 4.67. The number of aliphatic hydroxyl groups excluding tert-OH is 2. The SMILES string of the molecule is NC(=O)CC(O)C(O)c1ncc(O)cn1. The van der Waals surface area contributed by atoms with Crippen LogP contribution in [-0.2, 0) is 4.79 Å². The van der Waals surface area contributed by atoms with Crippen molar-refractivity contribution in [2.75, 3.05) is 0 Å². The molecule has 0 bridgehead atoms. The fraction of sp³-hybridized carbons (Fsp3) is 0.375. The van der Waals surface area contributed by atoms with Crippen LogP contribution in [0.2, 0.25) is 0 Å². The molecular weight excluding hydrogens is 202 g/mol. The number of amides is 1. The lowest BCUT2D eigenvalue weighted by Crippen LogP contribution is -2.26. The zero-order valence-electron chi connectivity index (χ0n) is 7.74. The summed E-state index contributed by atoms with van der Waals surface area (Å²) in [7, 11) is 0. The van der Waals surface area contributed by atoms with Crippen LogP contribution in [0.15, 0.2) is 12.4 Å². The van der Waals surface area contributed by atoms with Crippen molar-refractivity contribution >= 4 is 5.91 Å². The molecule has 0 aliphatic heterocycles. The van der Waals surface area contributed by atoms with Gasteiger partial charge in [-0.05, 0) is 0 Å². The number of nitrogens with zero attached hydrogens (tertiary/aromatic N) is 2. The molecule has 0 saturated heterocycles. The predicted octanol–water partition coefficient (Wildman–Crippen LogP) is -1.55. The maximum Gasteiger partial charge on any atom is 0.220 e. The van der Waals surface area contributed by atoms with E-state index in [1.807, 2.05) is 0 Å². The number of primary amides is 1. The van der Waals surface area contributed by atoms with Gasteiger partial charge in [0.25, 0.3) is 0 Å². The van der Waals surface area contributed by atoms with E-state index >= 15 is 0 Å². The molecule has 0 saturated carbocycles. The van der Waals surface area contributed by atoms with Gasteiger partial charge in [-0.3, -0.25) is 4.79 Å². The second-order valence-electron chi connectivity index (χ2n) is 2.98. The third-order valence-corrected chi connectivity index (χ3v) is 1.70. The Balaban J connectivity index is 2.71. The molecule has 0 spiro atoms. The van der Waals surface area contributed by atoms with Gasteiger partial charge in [-0.1, -0.05) is 0 Å². The number of carbonyl (C=O) groups excluding carboxylic acids is 1. The summed E-state index contributed by atoms with van der Waals surface area (Å²) >= 11 is 0. The van der Waals surface area contributed by atoms with E-state index in [0.29, 0.717) is 0 Å². The van der Waals surface area contributed by atoms with Crippen molar-refractivity contribution < 1.29 is 20.1 Å². The van der Waals surface area contributed by atoms with Gasteiger partial charge in [0.1, 0.15) is 6.10 Å². The third-order valence-electron chi connectivity index (χ3n) is 1.70. The molecule has 7 nitrogen and oxygen atoms in total. The van der Waals surface area contributed by atoms with E-state index in [0.717, 1.165) is 12.4 Å². The molecule has 2 atom stereocenters. The summed E-state index contributed by atoms with van der Waals surface area (Å²) in [6.07, 6.45) is -0.999. The molecule has 0 aliphatic rings. The van der Waals surface area contributed by atoms with Crippen molar-refractivity contribution in [2.24, 2.45) is 5.73 Å². The van der Waals surface area contributed by atoms with Gasteiger partial charge >= 0.3 is 0 Å². The average Bonchev–Trinajstić information content (AvgIpc) is 2.17. The highest BCUT2D eigenvalue weighted by molar-refractivity contribution is 5.74. The number of hydrogen-bond donors (Lipinski definition) is 4. The molecule has 82 valence electrons. The minimum Gasteiger partial charge on any atom is -0.505 e. The topological polar surface area (TPSA) is 130 Å². The van der Waals surface area contributed by atoms with E-state index < -0.39 is 18.1 Å². The lowest BCUT2D eigenvalue weighted by Gasteiger charge is -2.14. The summed E-state index contributed by atoms with van der Waals surface area (Å²) in [4.78, 5) is 17.6. The van der Waals surface area contributed by atoms with E-state index in [4.69, 9.17) is 10.8 Å². The lowest BCUT2D eigenvalue weighted by molar-refractivity contribution is -0.121. The van der Waals surface area contributed by atoms with Crippen molar-refractivity contribution in [3.8, 4) is 5.75 Å². The Hall–Kier alpha value is -1.73. The Kier molecular flexibility index (Phi) is 3.53. The van der Waals surface area contributed by atoms with Crippen molar-refractivity contribution in [3.63, 3.8) is 0 Å². The molecule has 15 heavy (non-hydrogen) atoms. The molecular formula is C8H11N3O4. The van der Waals surface area contributed by atoms with E-state index in [-0.39, 0.29) is 18.0 Å². The number of nitrogens with two attached hydrogens (primary N) is 1. The zero-order chi connectivity index (χ0) is 11.4. The van der Waals surface area contributed by atoms with Gasteiger partial charge in [-0.2, -0.15) is 0 Å². The maximum absolute atomic E-state index is 10.5. The average molecular weight is 213 g/mol. The smallest absolute Gasteiger partial charge is 0.220 e. The van der Waals surface area contributed by atoms with E-state index in [1.165, 1.54) is 0 Å². The molecule has 0 radical (unpaired) electrons. The van der Waals surface area contributed by atoms with E-state index in [1.54, 1.807) is 0 Å². The molecule has 0 fully saturated rings. The minimum atomic E-state index is -1.40. The monoisotopic (exact) mass is 213 g/mol. The largest absolute Gasteiger partial charge is 0.505 e.